The molecule has 0 unspecified atom stereocenters. The van der Waals surface area contributed by atoms with Crippen LogP contribution in [0.15, 0.2) is 18.3 Å². The molecule has 0 saturated carbocycles. The number of pyridine rings is 1. The maximum absolute atomic E-state index is 12.4. The minimum atomic E-state index is -4.35. The molecule has 0 spiro atoms. The molecule has 3 aliphatic heterocycles. The fourth-order valence-electron chi connectivity index (χ4n) is 4.37. The second kappa shape index (κ2) is 9.03. The fraction of sp³-hybridized carbons (Fsp3) is 0.545. The first-order valence-electron chi connectivity index (χ1n) is 11.1. The minimum Gasteiger partial charge on any atom is -0.465 e. The van der Waals surface area contributed by atoms with Crippen molar-refractivity contribution >= 4 is 17.6 Å². The van der Waals surface area contributed by atoms with Crippen LogP contribution >= 0.6 is 0 Å². The SMILES string of the molecule is Cc1nc2c(c(N3CCC3)n1)[C@@H](C)N(C(=O)O)C2.FC(F)(F)c1cc(N2CCCC2)ccn1. The zero-order chi connectivity index (χ0) is 23.8. The van der Waals surface area contributed by atoms with Gasteiger partial charge in [-0.2, -0.15) is 13.2 Å². The quantitative estimate of drug-likeness (QED) is 0.711. The van der Waals surface area contributed by atoms with E-state index < -0.39 is 18.0 Å². The second-order valence-corrected chi connectivity index (χ2v) is 8.47. The Morgan fingerprint density at radius 2 is 1.76 bits per heavy atom. The number of halogens is 3. The van der Waals surface area contributed by atoms with Gasteiger partial charge in [0.05, 0.1) is 18.3 Å². The second-order valence-electron chi connectivity index (χ2n) is 8.47. The lowest BCUT2D eigenvalue weighted by Gasteiger charge is -2.34. The van der Waals surface area contributed by atoms with Crippen LogP contribution in [0.2, 0.25) is 0 Å². The standard InChI is InChI=1S/C12H16N4O2.C10H11F3N2/c1-7-10-9(6-16(7)12(17)18)13-8(2)14-11(10)15-4-3-5-15;11-10(12,13)9-7-8(3-4-14-9)15-5-1-2-6-15/h7H,3-6H2,1-2H3,(H,17,18);3-4,7H,1-2,5-6H2/t7-;/m1./s1. The summed E-state index contributed by atoms with van der Waals surface area (Å²) in [7, 11) is 0. The summed E-state index contributed by atoms with van der Waals surface area (Å²) in [6.45, 7) is 7.81. The van der Waals surface area contributed by atoms with Gasteiger partial charge in [0.15, 0.2) is 0 Å². The summed E-state index contributed by atoms with van der Waals surface area (Å²) >= 11 is 0. The van der Waals surface area contributed by atoms with Crippen molar-refractivity contribution in [1.82, 2.24) is 19.9 Å². The number of amides is 1. The van der Waals surface area contributed by atoms with Crippen LogP contribution in [0.3, 0.4) is 0 Å². The molecule has 33 heavy (non-hydrogen) atoms. The third-order valence-electron chi connectivity index (χ3n) is 6.23. The topological polar surface area (TPSA) is 85.7 Å². The lowest BCUT2D eigenvalue weighted by molar-refractivity contribution is -0.141. The monoisotopic (exact) mass is 464 g/mol. The first-order valence-corrected chi connectivity index (χ1v) is 11.1. The van der Waals surface area contributed by atoms with E-state index in [1.165, 1.54) is 17.5 Å². The predicted octanol–water partition coefficient (Wildman–Crippen LogP) is 4.25. The first kappa shape index (κ1) is 23.1. The van der Waals surface area contributed by atoms with Gasteiger partial charge in [0.2, 0.25) is 0 Å². The molecular weight excluding hydrogens is 437 g/mol. The Labute approximate surface area is 190 Å². The third-order valence-corrected chi connectivity index (χ3v) is 6.23. The number of rotatable bonds is 2. The number of hydrogen-bond acceptors (Lipinski definition) is 6. The van der Waals surface area contributed by atoms with Crippen molar-refractivity contribution < 1.29 is 23.1 Å². The van der Waals surface area contributed by atoms with Gasteiger partial charge in [0.25, 0.3) is 0 Å². The highest BCUT2D eigenvalue weighted by Crippen LogP contribution is 2.39. The minimum absolute atomic E-state index is 0.159. The molecule has 3 aliphatic rings. The van der Waals surface area contributed by atoms with Crippen LogP contribution < -0.4 is 9.80 Å². The van der Waals surface area contributed by atoms with E-state index in [-0.39, 0.29) is 6.04 Å². The Hall–Kier alpha value is -3.11. The molecule has 2 aromatic heterocycles. The summed E-state index contributed by atoms with van der Waals surface area (Å²) in [6.07, 6.45) is -0.762. The van der Waals surface area contributed by atoms with E-state index in [1.54, 1.807) is 6.07 Å². The molecule has 0 aliphatic carbocycles. The summed E-state index contributed by atoms with van der Waals surface area (Å²) in [4.78, 5) is 29.0. The largest absolute Gasteiger partial charge is 0.465 e. The molecule has 178 valence electrons. The van der Waals surface area contributed by atoms with Crippen LogP contribution in [-0.2, 0) is 12.7 Å². The number of carbonyl (C=O) groups is 1. The van der Waals surface area contributed by atoms with E-state index in [0.29, 0.717) is 12.2 Å². The van der Waals surface area contributed by atoms with E-state index in [1.807, 2.05) is 18.7 Å². The first-order chi connectivity index (χ1) is 15.6. The van der Waals surface area contributed by atoms with Gasteiger partial charge >= 0.3 is 12.3 Å². The Balaban J connectivity index is 0.000000160. The van der Waals surface area contributed by atoms with Gasteiger partial charge in [-0.1, -0.05) is 0 Å². The number of alkyl halides is 3. The molecule has 2 aromatic rings. The molecule has 1 N–H and O–H groups in total. The van der Waals surface area contributed by atoms with Crippen LogP contribution in [0, 0.1) is 6.92 Å². The van der Waals surface area contributed by atoms with E-state index in [0.717, 1.165) is 68.0 Å². The van der Waals surface area contributed by atoms with Crippen molar-refractivity contribution in [3.63, 3.8) is 0 Å². The summed E-state index contributed by atoms with van der Waals surface area (Å²) in [5.74, 6) is 1.65. The Kier molecular flexibility index (Phi) is 6.31. The average Bonchev–Trinajstić information content (AvgIpc) is 3.35. The zero-order valence-electron chi connectivity index (χ0n) is 18.6. The van der Waals surface area contributed by atoms with Crippen molar-refractivity contribution in [2.75, 3.05) is 36.0 Å². The maximum atomic E-state index is 12.4. The Morgan fingerprint density at radius 1 is 1.09 bits per heavy atom. The van der Waals surface area contributed by atoms with Crippen molar-refractivity contribution in [1.29, 1.82) is 0 Å². The number of anilines is 2. The van der Waals surface area contributed by atoms with Crippen LogP contribution in [-0.4, -0.2) is 57.2 Å². The number of carboxylic acid groups (broad SMARTS) is 1. The van der Waals surface area contributed by atoms with E-state index in [9.17, 15) is 23.1 Å². The van der Waals surface area contributed by atoms with Crippen LogP contribution in [0.25, 0.3) is 0 Å². The number of nitrogens with zero attached hydrogens (tertiary/aromatic N) is 6. The van der Waals surface area contributed by atoms with Gasteiger partial charge in [0, 0.05) is 43.6 Å². The van der Waals surface area contributed by atoms with E-state index in [4.69, 9.17) is 0 Å². The summed E-state index contributed by atoms with van der Waals surface area (Å²) in [5.41, 5.74) is 1.66. The number of fused-ring (bicyclic) bond motifs is 1. The van der Waals surface area contributed by atoms with Crippen LogP contribution in [0.1, 0.15) is 55.0 Å². The van der Waals surface area contributed by atoms with Gasteiger partial charge < -0.3 is 14.9 Å². The maximum Gasteiger partial charge on any atom is 0.433 e. The Morgan fingerprint density at radius 3 is 2.33 bits per heavy atom. The molecule has 0 bridgehead atoms. The molecule has 8 nitrogen and oxygen atoms in total. The van der Waals surface area contributed by atoms with Gasteiger partial charge in [-0.15, -0.1) is 0 Å². The highest BCUT2D eigenvalue weighted by molar-refractivity contribution is 5.69. The van der Waals surface area contributed by atoms with E-state index >= 15 is 0 Å². The average molecular weight is 464 g/mol. The predicted molar refractivity (Wildman–Crippen MR) is 116 cm³/mol. The molecule has 1 amide bonds. The Bertz CT molecular complexity index is 1020. The van der Waals surface area contributed by atoms with Crippen LogP contribution in [0.5, 0.6) is 0 Å². The normalized spacial score (nSPS) is 19.7. The van der Waals surface area contributed by atoms with Crippen molar-refractivity contribution in [3.8, 4) is 0 Å². The molecular formula is C22H27F3N6O2. The van der Waals surface area contributed by atoms with Crippen molar-refractivity contribution in [3.05, 3.63) is 41.1 Å². The molecule has 2 saturated heterocycles. The molecule has 11 heteroatoms. The highest BCUT2D eigenvalue weighted by atomic mass is 19.4. The van der Waals surface area contributed by atoms with Crippen molar-refractivity contribution in [2.24, 2.45) is 0 Å². The number of aryl methyl sites for hydroxylation is 1. The van der Waals surface area contributed by atoms with Crippen molar-refractivity contribution in [2.45, 2.75) is 51.9 Å². The van der Waals surface area contributed by atoms with Gasteiger partial charge in [-0.3, -0.25) is 9.88 Å². The molecule has 5 rings (SSSR count). The number of aromatic nitrogens is 3. The number of hydrogen-bond donors (Lipinski definition) is 1. The van der Waals surface area contributed by atoms with Gasteiger partial charge in [0.1, 0.15) is 17.3 Å². The lowest BCUT2D eigenvalue weighted by atomic mass is 10.1. The third kappa shape index (κ3) is 4.81. The molecule has 0 aromatic carbocycles. The molecule has 1 atom stereocenters. The van der Waals surface area contributed by atoms with Crippen LogP contribution in [0.4, 0.5) is 29.5 Å². The summed E-state index contributed by atoms with van der Waals surface area (Å²) in [6, 6.07) is 2.58. The summed E-state index contributed by atoms with van der Waals surface area (Å²) in [5, 5.41) is 9.19. The van der Waals surface area contributed by atoms with Gasteiger partial charge in [-0.05, 0) is 45.2 Å². The highest BCUT2D eigenvalue weighted by Gasteiger charge is 2.37. The zero-order valence-corrected chi connectivity index (χ0v) is 18.6. The lowest BCUT2D eigenvalue weighted by Crippen LogP contribution is -2.39. The summed E-state index contributed by atoms with van der Waals surface area (Å²) < 4.78 is 37.1. The molecule has 5 heterocycles. The fourth-order valence-corrected chi connectivity index (χ4v) is 4.37. The smallest absolute Gasteiger partial charge is 0.433 e. The van der Waals surface area contributed by atoms with E-state index in [2.05, 4.69) is 19.9 Å². The van der Waals surface area contributed by atoms with Gasteiger partial charge in [-0.25, -0.2) is 14.8 Å². The molecule has 2 fully saturated rings. The molecule has 0 radical (unpaired) electrons.